The van der Waals surface area contributed by atoms with Gasteiger partial charge in [-0.05, 0) is 47.9 Å². The number of benzene rings is 3. The molecule has 0 fully saturated rings. The normalized spacial score (nSPS) is 16.8. The third-order valence-corrected chi connectivity index (χ3v) is 5.11. The number of fused-ring (bicyclic) bond motifs is 1. The molecule has 0 heterocycles. The first-order valence-corrected chi connectivity index (χ1v) is 8.95. The summed E-state index contributed by atoms with van der Waals surface area (Å²) in [5, 5.41) is 6.92. The predicted molar refractivity (Wildman–Crippen MR) is 112 cm³/mol. The molecule has 0 bridgehead atoms. The van der Waals surface area contributed by atoms with Crippen molar-refractivity contribution in [3.8, 4) is 0 Å². The summed E-state index contributed by atoms with van der Waals surface area (Å²) in [4.78, 5) is 0. The molecule has 0 saturated carbocycles. The van der Waals surface area contributed by atoms with Crippen LogP contribution in [0.2, 0.25) is 0 Å². The van der Waals surface area contributed by atoms with E-state index in [0.29, 0.717) is 5.92 Å². The monoisotopic (exact) mass is 338 g/mol. The molecule has 1 aliphatic carbocycles. The van der Waals surface area contributed by atoms with E-state index in [1.807, 2.05) is 6.21 Å². The summed E-state index contributed by atoms with van der Waals surface area (Å²) in [5.74, 6) is 0.346. The van der Waals surface area contributed by atoms with Crippen LogP contribution < -0.4 is 5.43 Å². The number of hydrazone groups is 1. The Bertz CT molecular complexity index is 1040. The first-order valence-electron chi connectivity index (χ1n) is 8.95. The Morgan fingerprint density at radius 3 is 2.46 bits per heavy atom. The highest BCUT2D eigenvalue weighted by atomic mass is 15.3. The lowest BCUT2D eigenvalue weighted by atomic mass is 9.90. The van der Waals surface area contributed by atoms with Crippen molar-refractivity contribution in [1.29, 1.82) is 0 Å². The molecule has 0 amide bonds. The second-order valence-electron chi connectivity index (χ2n) is 6.76. The number of hydrogen-bond donors (Lipinski definition) is 1. The molecule has 0 spiro atoms. The number of rotatable bonds is 4. The lowest BCUT2D eigenvalue weighted by Crippen LogP contribution is -2.01. The van der Waals surface area contributed by atoms with E-state index in [9.17, 15) is 0 Å². The number of anilines is 1. The van der Waals surface area contributed by atoms with E-state index in [-0.39, 0.29) is 0 Å². The molecule has 1 atom stereocenters. The van der Waals surface area contributed by atoms with Crippen LogP contribution in [0.3, 0.4) is 0 Å². The molecule has 2 heteroatoms. The standard InChI is InChI=1S/C24H22N2/c1-17-11-14-23(18(17)2)24-10-6-5-9-21(24)16-25-26-22-13-12-19-7-3-4-8-20(19)15-22/h3-16,23,26H,1-2H3. The summed E-state index contributed by atoms with van der Waals surface area (Å²) < 4.78 is 0. The topological polar surface area (TPSA) is 24.4 Å². The van der Waals surface area contributed by atoms with E-state index in [1.54, 1.807) is 0 Å². The van der Waals surface area contributed by atoms with E-state index < -0.39 is 0 Å². The Morgan fingerprint density at radius 2 is 1.65 bits per heavy atom. The second kappa shape index (κ2) is 7.01. The van der Waals surface area contributed by atoms with Gasteiger partial charge < -0.3 is 0 Å². The molecule has 0 aliphatic heterocycles. The summed E-state index contributed by atoms with van der Waals surface area (Å²) in [5.41, 5.74) is 9.36. The van der Waals surface area contributed by atoms with Crippen LogP contribution in [0.1, 0.15) is 30.9 Å². The van der Waals surface area contributed by atoms with Gasteiger partial charge in [-0.25, -0.2) is 0 Å². The maximum atomic E-state index is 4.48. The second-order valence-corrected chi connectivity index (χ2v) is 6.76. The molecule has 1 aliphatic rings. The highest BCUT2D eigenvalue weighted by molar-refractivity contribution is 5.86. The van der Waals surface area contributed by atoms with Gasteiger partial charge in [-0.15, -0.1) is 0 Å². The van der Waals surface area contributed by atoms with Gasteiger partial charge in [0, 0.05) is 5.92 Å². The summed E-state index contributed by atoms with van der Waals surface area (Å²) in [6.45, 7) is 4.38. The van der Waals surface area contributed by atoms with Gasteiger partial charge in [0.2, 0.25) is 0 Å². The third-order valence-electron chi connectivity index (χ3n) is 5.11. The summed E-state index contributed by atoms with van der Waals surface area (Å²) in [7, 11) is 0. The SMILES string of the molecule is CC1=C(C)C(c2ccccc2C=NNc2ccc3ccccc3c2)C=C1. The zero-order valence-electron chi connectivity index (χ0n) is 15.1. The number of nitrogens with zero attached hydrogens (tertiary/aromatic N) is 1. The molecule has 0 saturated heterocycles. The van der Waals surface area contributed by atoms with E-state index in [2.05, 4.69) is 103 Å². The predicted octanol–water partition coefficient (Wildman–Crippen LogP) is 6.28. The summed E-state index contributed by atoms with van der Waals surface area (Å²) >= 11 is 0. The van der Waals surface area contributed by atoms with Crippen LogP contribution >= 0.6 is 0 Å². The van der Waals surface area contributed by atoms with Gasteiger partial charge >= 0.3 is 0 Å². The first-order chi connectivity index (χ1) is 12.7. The van der Waals surface area contributed by atoms with Crippen molar-refractivity contribution in [1.82, 2.24) is 0 Å². The number of allylic oxidation sites excluding steroid dienone is 4. The Labute approximate surface area is 154 Å². The van der Waals surface area contributed by atoms with Crippen LogP contribution in [-0.2, 0) is 0 Å². The van der Waals surface area contributed by atoms with Crippen LogP contribution in [0.15, 0.2) is 95.1 Å². The van der Waals surface area contributed by atoms with Crippen molar-refractivity contribution in [2.75, 3.05) is 5.43 Å². The molecule has 4 rings (SSSR count). The van der Waals surface area contributed by atoms with Crippen LogP contribution in [0.5, 0.6) is 0 Å². The van der Waals surface area contributed by atoms with E-state index in [1.165, 1.54) is 27.5 Å². The fourth-order valence-electron chi connectivity index (χ4n) is 3.45. The Kier molecular flexibility index (Phi) is 4.40. The molecular weight excluding hydrogens is 316 g/mol. The van der Waals surface area contributed by atoms with Gasteiger partial charge in [-0.1, -0.05) is 77.9 Å². The van der Waals surface area contributed by atoms with Gasteiger partial charge in [0.1, 0.15) is 0 Å². The molecule has 2 nitrogen and oxygen atoms in total. The van der Waals surface area contributed by atoms with E-state index >= 15 is 0 Å². The zero-order chi connectivity index (χ0) is 17.9. The van der Waals surface area contributed by atoms with Gasteiger partial charge in [0.15, 0.2) is 0 Å². The molecule has 1 unspecified atom stereocenters. The minimum atomic E-state index is 0.346. The third kappa shape index (κ3) is 3.18. The summed E-state index contributed by atoms with van der Waals surface area (Å²) in [6.07, 6.45) is 6.40. The van der Waals surface area contributed by atoms with E-state index in [0.717, 1.165) is 11.3 Å². The van der Waals surface area contributed by atoms with Crippen molar-refractivity contribution in [2.24, 2.45) is 5.10 Å². The van der Waals surface area contributed by atoms with Crippen molar-refractivity contribution in [3.05, 3.63) is 101 Å². The zero-order valence-corrected chi connectivity index (χ0v) is 15.1. The van der Waals surface area contributed by atoms with Gasteiger partial charge in [-0.2, -0.15) is 5.10 Å². The van der Waals surface area contributed by atoms with Crippen LogP contribution in [-0.4, -0.2) is 6.21 Å². The average molecular weight is 338 g/mol. The largest absolute Gasteiger partial charge is 0.278 e. The Morgan fingerprint density at radius 1 is 0.885 bits per heavy atom. The smallest absolute Gasteiger partial charge is 0.0568 e. The molecule has 128 valence electrons. The van der Waals surface area contributed by atoms with Crippen LogP contribution in [0, 0.1) is 0 Å². The quantitative estimate of drug-likeness (QED) is 0.439. The fourth-order valence-corrected chi connectivity index (χ4v) is 3.45. The molecule has 0 aromatic heterocycles. The van der Waals surface area contributed by atoms with E-state index in [4.69, 9.17) is 0 Å². The first kappa shape index (κ1) is 16.3. The highest BCUT2D eigenvalue weighted by Crippen LogP contribution is 2.34. The highest BCUT2D eigenvalue weighted by Gasteiger charge is 2.18. The van der Waals surface area contributed by atoms with Crippen molar-refractivity contribution in [2.45, 2.75) is 19.8 Å². The number of nitrogens with one attached hydrogen (secondary N) is 1. The molecule has 3 aromatic carbocycles. The van der Waals surface area contributed by atoms with Crippen LogP contribution in [0.4, 0.5) is 5.69 Å². The average Bonchev–Trinajstić information content (AvgIpc) is 3.01. The van der Waals surface area contributed by atoms with Crippen molar-refractivity contribution >= 4 is 22.7 Å². The lowest BCUT2D eigenvalue weighted by Gasteiger charge is -2.14. The maximum Gasteiger partial charge on any atom is 0.0568 e. The van der Waals surface area contributed by atoms with Gasteiger partial charge in [-0.3, -0.25) is 5.43 Å². The fraction of sp³-hybridized carbons (Fsp3) is 0.125. The minimum absolute atomic E-state index is 0.346. The molecule has 1 N–H and O–H groups in total. The summed E-state index contributed by atoms with van der Waals surface area (Å²) in [6, 6.07) is 23.1. The van der Waals surface area contributed by atoms with Crippen LogP contribution in [0.25, 0.3) is 10.8 Å². The molecule has 0 radical (unpaired) electrons. The van der Waals surface area contributed by atoms with Gasteiger partial charge in [0.25, 0.3) is 0 Å². The van der Waals surface area contributed by atoms with Gasteiger partial charge in [0.05, 0.1) is 11.9 Å². The van der Waals surface area contributed by atoms with Crippen molar-refractivity contribution in [3.63, 3.8) is 0 Å². The van der Waals surface area contributed by atoms with Crippen molar-refractivity contribution < 1.29 is 0 Å². The number of hydrogen-bond acceptors (Lipinski definition) is 2. The molecule has 3 aromatic rings. The minimum Gasteiger partial charge on any atom is -0.278 e. The lowest BCUT2D eigenvalue weighted by molar-refractivity contribution is 1.000. The Hall–Kier alpha value is -3.13. The molecule has 26 heavy (non-hydrogen) atoms. The maximum absolute atomic E-state index is 4.48. The molecular formula is C24H22N2. The Balaban J connectivity index is 1.56.